The van der Waals surface area contributed by atoms with Gasteiger partial charge in [-0.05, 0) is 36.2 Å². The minimum absolute atomic E-state index is 0.0251. The summed E-state index contributed by atoms with van der Waals surface area (Å²) in [6, 6.07) is 15.9. The Balaban J connectivity index is 2.33. The Kier molecular flexibility index (Phi) is 7.56. The number of anilines is 2. The molecule has 1 aliphatic heterocycles. The highest BCUT2D eigenvalue weighted by Crippen LogP contribution is 2.44. The summed E-state index contributed by atoms with van der Waals surface area (Å²) in [6.07, 6.45) is 0.312. The van der Waals surface area contributed by atoms with E-state index < -0.39 is 17.9 Å². The molecule has 9 heteroatoms. The maximum absolute atomic E-state index is 13.1. The molecule has 1 aliphatic rings. The zero-order chi connectivity index (χ0) is 25.7. The average molecular weight is 475 g/mol. The summed E-state index contributed by atoms with van der Waals surface area (Å²) in [7, 11) is 2.39. The van der Waals surface area contributed by atoms with Crippen LogP contribution in [0.3, 0.4) is 0 Å². The molecular weight excluding hydrogens is 448 g/mol. The molecule has 0 fully saturated rings. The van der Waals surface area contributed by atoms with Crippen LogP contribution in [-0.4, -0.2) is 32.1 Å². The van der Waals surface area contributed by atoms with E-state index in [1.807, 2.05) is 0 Å². The number of ether oxygens (including phenoxy) is 2. The van der Waals surface area contributed by atoms with Crippen molar-refractivity contribution < 1.29 is 23.9 Å². The molecule has 3 rings (SSSR count). The SMILES string of the molecule is CCC(=O)Nc1ccc(N2C(N)=C(C#N)C(c3ccccc3)C(C(=O)OC)=C2C(=O)OC)c(C)c1. The Bertz CT molecular complexity index is 1270. The predicted molar refractivity (Wildman–Crippen MR) is 130 cm³/mol. The maximum Gasteiger partial charge on any atom is 0.355 e. The topological polar surface area (TPSA) is 135 Å². The number of nitrogens with zero attached hydrogens (tertiary/aromatic N) is 2. The van der Waals surface area contributed by atoms with Crippen LogP contribution >= 0.6 is 0 Å². The molecule has 1 heterocycles. The third-order valence-electron chi connectivity index (χ3n) is 5.65. The van der Waals surface area contributed by atoms with Crippen LogP contribution < -0.4 is 16.0 Å². The van der Waals surface area contributed by atoms with Gasteiger partial charge in [-0.1, -0.05) is 37.3 Å². The summed E-state index contributed by atoms with van der Waals surface area (Å²) in [5.41, 5.74) is 8.56. The van der Waals surface area contributed by atoms with E-state index in [2.05, 4.69) is 11.4 Å². The number of carbonyl (C=O) groups is 3. The molecule has 9 nitrogen and oxygen atoms in total. The quantitative estimate of drug-likeness (QED) is 0.609. The molecule has 2 aromatic rings. The molecule has 0 saturated heterocycles. The van der Waals surface area contributed by atoms with E-state index in [1.54, 1.807) is 62.4 Å². The maximum atomic E-state index is 13.1. The first-order chi connectivity index (χ1) is 16.8. The minimum atomic E-state index is -0.942. The van der Waals surface area contributed by atoms with Crippen molar-refractivity contribution in [1.29, 1.82) is 5.26 Å². The van der Waals surface area contributed by atoms with E-state index in [9.17, 15) is 19.6 Å². The van der Waals surface area contributed by atoms with Gasteiger partial charge in [-0.3, -0.25) is 9.69 Å². The van der Waals surface area contributed by atoms with Gasteiger partial charge < -0.3 is 20.5 Å². The van der Waals surface area contributed by atoms with Crippen LogP contribution in [0.25, 0.3) is 0 Å². The molecule has 0 spiro atoms. The van der Waals surface area contributed by atoms with E-state index in [-0.39, 0.29) is 28.6 Å². The van der Waals surface area contributed by atoms with Crippen molar-refractivity contribution in [3.8, 4) is 6.07 Å². The first-order valence-electron chi connectivity index (χ1n) is 10.8. The van der Waals surface area contributed by atoms with Gasteiger partial charge in [0.15, 0.2) is 0 Å². The molecule has 35 heavy (non-hydrogen) atoms. The Morgan fingerprint density at radius 3 is 2.29 bits per heavy atom. The van der Waals surface area contributed by atoms with Crippen molar-refractivity contribution >= 4 is 29.2 Å². The summed E-state index contributed by atoms with van der Waals surface area (Å²) in [5.74, 6) is -2.75. The molecule has 0 aromatic heterocycles. The summed E-state index contributed by atoms with van der Waals surface area (Å²) in [5, 5.41) is 12.9. The molecule has 1 amide bonds. The second-order valence-corrected chi connectivity index (χ2v) is 7.74. The number of nitrogens with two attached hydrogens (primary N) is 1. The van der Waals surface area contributed by atoms with E-state index in [1.165, 1.54) is 19.1 Å². The minimum Gasteiger partial charge on any atom is -0.466 e. The lowest BCUT2D eigenvalue weighted by Gasteiger charge is -2.36. The third-order valence-corrected chi connectivity index (χ3v) is 5.65. The lowest BCUT2D eigenvalue weighted by atomic mass is 9.80. The zero-order valence-electron chi connectivity index (χ0n) is 19.9. The number of allylic oxidation sites excluding steroid dienone is 1. The number of hydrogen-bond acceptors (Lipinski definition) is 8. The number of esters is 2. The van der Waals surface area contributed by atoms with Crippen LogP contribution in [0, 0.1) is 18.3 Å². The molecule has 0 aliphatic carbocycles. The highest BCUT2D eigenvalue weighted by Gasteiger charge is 2.43. The largest absolute Gasteiger partial charge is 0.466 e. The van der Waals surface area contributed by atoms with E-state index in [0.29, 0.717) is 28.9 Å². The molecular formula is C26H26N4O5. The van der Waals surface area contributed by atoms with Crippen molar-refractivity contribution in [2.45, 2.75) is 26.2 Å². The summed E-state index contributed by atoms with van der Waals surface area (Å²) in [4.78, 5) is 39.3. The zero-order valence-corrected chi connectivity index (χ0v) is 19.9. The highest BCUT2D eigenvalue weighted by atomic mass is 16.5. The number of nitriles is 1. The van der Waals surface area contributed by atoms with Crippen LogP contribution in [0.2, 0.25) is 0 Å². The fourth-order valence-electron chi connectivity index (χ4n) is 4.00. The summed E-state index contributed by atoms with van der Waals surface area (Å²) < 4.78 is 10.1. The van der Waals surface area contributed by atoms with Crippen molar-refractivity contribution in [2.24, 2.45) is 5.73 Å². The fourth-order valence-corrected chi connectivity index (χ4v) is 4.00. The Labute approximate surface area is 203 Å². The molecule has 180 valence electrons. The van der Waals surface area contributed by atoms with Gasteiger partial charge >= 0.3 is 11.9 Å². The number of amides is 1. The molecule has 0 radical (unpaired) electrons. The second-order valence-electron chi connectivity index (χ2n) is 7.74. The van der Waals surface area contributed by atoms with Crippen LogP contribution in [-0.2, 0) is 23.9 Å². The van der Waals surface area contributed by atoms with Crippen molar-refractivity contribution in [3.05, 3.63) is 82.3 Å². The van der Waals surface area contributed by atoms with Gasteiger partial charge in [0, 0.05) is 12.1 Å². The van der Waals surface area contributed by atoms with E-state index in [0.717, 1.165) is 0 Å². The number of rotatable bonds is 6. The van der Waals surface area contributed by atoms with Crippen LogP contribution in [0.5, 0.6) is 0 Å². The highest BCUT2D eigenvalue weighted by molar-refractivity contribution is 6.06. The lowest BCUT2D eigenvalue weighted by molar-refractivity contribution is -0.139. The Morgan fingerprint density at radius 2 is 1.74 bits per heavy atom. The predicted octanol–water partition coefficient (Wildman–Crippen LogP) is 3.24. The summed E-state index contributed by atoms with van der Waals surface area (Å²) >= 11 is 0. The van der Waals surface area contributed by atoms with Gasteiger partial charge in [0.2, 0.25) is 5.91 Å². The van der Waals surface area contributed by atoms with Gasteiger partial charge in [-0.15, -0.1) is 0 Å². The smallest absolute Gasteiger partial charge is 0.355 e. The number of carbonyl (C=O) groups excluding carboxylic acids is 3. The average Bonchev–Trinajstić information content (AvgIpc) is 2.87. The third kappa shape index (κ3) is 4.73. The molecule has 1 atom stereocenters. The molecule has 0 saturated carbocycles. The monoisotopic (exact) mass is 474 g/mol. The number of hydrogen-bond donors (Lipinski definition) is 2. The first-order valence-corrected chi connectivity index (χ1v) is 10.8. The van der Waals surface area contributed by atoms with Crippen molar-refractivity contribution in [1.82, 2.24) is 0 Å². The number of benzene rings is 2. The van der Waals surface area contributed by atoms with Gasteiger partial charge in [0.1, 0.15) is 11.5 Å². The van der Waals surface area contributed by atoms with Crippen LogP contribution in [0.15, 0.2) is 71.2 Å². The van der Waals surface area contributed by atoms with Crippen LogP contribution in [0.1, 0.15) is 30.4 Å². The molecule has 0 bridgehead atoms. The van der Waals surface area contributed by atoms with Crippen molar-refractivity contribution in [3.63, 3.8) is 0 Å². The van der Waals surface area contributed by atoms with E-state index >= 15 is 0 Å². The van der Waals surface area contributed by atoms with E-state index in [4.69, 9.17) is 15.2 Å². The Hall–Kier alpha value is -4.58. The number of aryl methyl sites for hydroxylation is 1. The first kappa shape index (κ1) is 25.1. The fraction of sp³-hybridized carbons (Fsp3) is 0.231. The standard InChI is InChI=1S/C26H26N4O5/c1-5-20(31)29-17-11-12-19(15(2)13-17)30-23(26(33)35-4)22(25(32)34-3)21(18(14-27)24(30)28)16-9-7-6-8-10-16/h6-13,21H,5,28H2,1-4H3,(H,29,31). The van der Waals surface area contributed by atoms with Gasteiger partial charge in [0.25, 0.3) is 0 Å². The van der Waals surface area contributed by atoms with Gasteiger partial charge in [0.05, 0.1) is 43.0 Å². The van der Waals surface area contributed by atoms with Gasteiger partial charge in [-0.25, -0.2) is 9.59 Å². The van der Waals surface area contributed by atoms with Crippen molar-refractivity contribution in [2.75, 3.05) is 24.4 Å². The molecule has 3 N–H and O–H groups in total. The summed E-state index contributed by atoms with van der Waals surface area (Å²) in [6.45, 7) is 3.50. The van der Waals surface area contributed by atoms with Crippen LogP contribution in [0.4, 0.5) is 11.4 Å². The number of nitrogens with one attached hydrogen (secondary N) is 1. The second kappa shape index (κ2) is 10.6. The normalized spacial score (nSPS) is 15.4. The lowest BCUT2D eigenvalue weighted by Crippen LogP contribution is -2.41. The Morgan fingerprint density at radius 1 is 1.09 bits per heavy atom. The molecule has 1 unspecified atom stereocenters. The molecule has 2 aromatic carbocycles. The van der Waals surface area contributed by atoms with Gasteiger partial charge in [-0.2, -0.15) is 5.26 Å². The number of methoxy groups -OCH3 is 2.